The molecule has 2 aromatic carbocycles. The monoisotopic (exact) mass is 429 g/mol. The fraction of sp³-hybridized carbons (Fsp3) is 0.435. The van der Waals surface area contributed by atoms with Gasteiger partial charge in [0.15, 0.2) is 6.79 Å². The second-order valence-corrected chi connectivity index (χ2v) is 8.45. The van der Waals surface area contributed by atoms with Gasteiger partial charge in [-0.15, -0.1) is 0 Å². The van der Waals surface area contributed by atoms with Crippen LogP contribution in [0.2, 0.25) is 5.02 Å². The summed E-state index contributed by atoms with van der Waals surface area (Å²) in [6.07, 6.45) is 0. The number of benzene rings is 2. The Balaban J connectivity index is 1.30. The topological polar surface area (TPSA) is 54.0 Å². The Morgan fingerprint density at radius 1 is 1.13 bits per heavy atom. The summed E-state index contributed by atoms with van der Waals surface area (Å²) in [6.45, 7) is 9.60. The number of carbonyl (C=O) groups excluding carboxylic acids is 1. The molecule has 0 saturated carbocycles. The zero-order valence-electron chi connectivity index (χ0n) is 17.5. The number of nitrogens with one attached hydrogen (secondary N) is 1. The van der Waals surface area contributed by atoms with Gasteiger partial charge in [-0.3, -0.25) is 14.6 Å². The first-order chi connectivity index (χ1) is 14.5. The molecule has 0 spiro atoms. The Bertz CT molecular complexity index is 926. The van der Waals surface area contributed by atoms with Crippen LogP contribution in [0.4, 0.5) is 5.69 Å². The molecular weight excluding hydrogens is 402 g/mol. The number of anilines is 1. The van der Waals surface area contributed by atoms with Crippen LogP contribution in [-0.4, -0.2) is 55.2 Å². The summed E-state index contributed by atoms with van der Waals surface area (Å²) in [5.41, 5.74) is 5.30. The van der Waals surface area contributed by atoms with Crippen molar-refractivity contribution >= 4 is 23.2 Å². The van der Waals surface area contributed by atoms with Gasteiger partial charge in [-0.25, -0.2) is 0 Å². The lowest BCUT2D eigenvalue weighted by atomic mass is 10.1. The van der Waals surface area contributed by atoms with E-state index < -0.39 is 0 Å². The second-order valence-electron chi connectivity index (χ2n) is 8.01. The summed E-state index contributed by atoms with van der Waals surface area (Å²) in [6, 6.07) is 9.87. The third kappa shape index (κ3) is 4.95. The van der Waals surface area contributed by atoms with E-state index in [4.69, 9.17) is 21.1 Å². The predicted octanol–water partition coefficient (Wildman–Crippen LogP) is 3.58. The first-order valence-electron chi connectivity index (χ1n) is 10.3. The van der Waals surface area contributed by atoms with Gasteiger partial charge < -0.3 is 14.8 Å². The van der Waals surface area contributed by atoms with Gasteiger partial charge in [0.1, 0.15) is 5.75 Å². The molecular formula is C23H28ClN3O3. The molecule has 2 aliphatic heterocycles. The average molecular weight is 430 g/mol. The number of hydrogen-bond acceptors (Lipinski definition) is 5. The molecule has 0 atom stereocenters. The van der Waals surface area contributed by atoms with Crippen LogP contribution >= 0.6 is 11.6 Å². The van der Waals surface area contributed by atoms with Crippen LogP contribution in [-0.2, 0) is 22.7 Å². The standard InChI is InChI=1S/C23H28ClN3O3/c1-16-4-3-5-21(17(16)2)25-22(28)13-27-8-6-26(7-9-27)12-18-10-20(24)11-19-14-29-15-30-23(18)19/h3-5,10-11H,6-9,12-15H2,1-2H3,(H,25,28). The molecule has 0 bridgehead atoms. The third-order valence-electron chi connectivity index (χ3n) is 5.86. The molecule has 1 fully saturated rings. The van der Waals surface area contributed by atoms with E-state index in [1.165, 1.54) is 5.56 Å². The molecule has 1 N–H and O–H groups in total. The lowest BCUT2D eigenvalue weighted by molar-refractivity contribution is -0.117. The van der Waals surface area contributed by atoms with Gasteiger partial charge in [0.05, 0.1) is 13.2 Å². The van der Waals surface area contributed by atoms with Gasteiger partial charge in [-0.2, -0.15) is 0 Å². The number of aryl methyl sites for hydroxylation is 1. The molecule has 0 aromatic heterocycles. The van der Waals surface area contributed by atoms with Crippen molar-refractivity contribution < 1.29 is 14.3 Å². The lowest BCUT2D eigenvalue weighted by Crippen LogP contribution is -2.48. The van der Waals surface area contributed by atoms with Gasteiger partial charge in [0, 0.05) is 54.6 Å². The molecule has 2 heterocycles. The first-order valence-corrected chi connectivity index (χ1v) is 10.7. The Labute approximate surface area is 182 Å². The number of piperazine rings is 1. The summed E-state index contributed by atoms with van der Waals surface area (Å²) < 4.78 is 11.1. The average Bonchev–Trinajstić information content (AvgIpc) is 2.73. The van der Waals surface area contributed by atoms with Crippen molar-refractivity contribution in [2.45, 2.75) is 27.0 Å². The molecule has 1 amide bonds. The summed E-state index contributed by atoms with van der Waals surface area (Å²) in [5, 5.41) is 3.76. The molecule has 1 saturated heterocycles. The molecule has 0 aliphatic carbocycles. The minimum Gasteiger partial charge on any atom is -0.467 e. The summed E-state index contributed by atoms with van der Waals surface area (Å²) in [5.74, 6) is 0.940. The van der Waals surface area contributed by atoms with E-state index in [0.29, 0.717) is 18.2 Å². The zero-order valence-corrected chi connectivity index (χ0v) is 18.3. The highest BCUT2D eigenvalue weighted by molar-refractivity contribution is 6.30. The predicted molar refractivity (Wildman–Crippen MR) is 118 cm³/mol. The normalized spacial score (nSPS) is 17.3. The number of halogens is 1. The maximum Gasteiger partial charge on any atom is 0.238 e. The van der Waals surface area contributed by atoms with E-state index in [-0.39, 0.29) is 12.7 Å². The van der Waals surface area contributed by atoms with Crippen molar-refractivity contribution in [1.29, 1.82) is 0 Å². The van der Waals surface area contributed by atoms with Gasteiger partial charge in [-0.1, -0.05) is 23.7 Å². The van der Waals surface area contributed by atoms with Gasteiger partial charge >= 0.3 is 0 Å². The number of rotatable bonds is 5. The van der Waals surface area contributed by atoms with Crippen LogP contribution in [0.5, 0.6) is 5.75 Å². The van der Waals surface area contributed by atoms with E-state index in [2.05, 4.69) is 28.1 Å². The Morgan fingerprint density at radius 3 is 2.70 bits per heavy atom. The van der Waals surface area contributed by atoms with Crippen LogP contribution < -0.4 is 10.1 Å². The smallest absolute Gasteiger partial charge is 0.238 e. The number of amides is 1. The molecule has 2 aromatic rings. The summed E-state index contributed by atoms with van der Waals surface area (Å²) in [4.78, 5) is 17.1. The molecule has 6 nitrogen and oxygen atoms in total. The van der Waals surface area contributed by atoms with Crippen molar-refractivity contribution in [2.75, 3.05) is 44.8 Å². The molecule has 0 unspecified atom stereocenters. The van der Waals surface area contributed by atoms with Crippen LogP contribution in [0.1, 0.15) is 22.3 Å². The van der Waals surface area contributed by atoms with Crippen LogP contribution in [0, 0.1) is 13.8 Å². The van der Waals surface area contributed by atoms with Crippen molar-refractivity contribution in [3.8, 4) is 5.75 Å². The first kappa shape index (κ1) is 21.1. The fourth-order valence-corrected chi connectivity index (χ4v) is 4.26. The maximum absolute atomic E-state index is 12.5. The minimum atomic E-state index is 0.0365. The van der Waals surface area contributed by atoms with E-state index in [1.807, 2.05) is 31.2 Å². The Morgan fingerprint density at radius 2 is 1.90 bits per heavy atom. The highest BCUT2D eigenvalue weighted by Gasteiger charge is 2.22. The minimum absolute atomic E-state index is 0.0365. The van der Waals surface area contributed by atoms with Crippen LogP contribution in [0.25, 0.3) is 0 Å². The molecule has 4 rings (SSSR count). The van der Waals surface area contributed by atoms with Crippen molar-refractivity contribution in [2.24, 2.45) is 0 Å². The second kappa shape index (κ2) is 9.35. The third-order valence-corrected chi connectivity index (χ3v) is 6.07. The summed E-state index contributed by atoms with van der Waals surface area (Å²) >= 11 is 6.28. The molecule has 160 valence electrons. The van der Waals surface area contributed by atoms with Crippen molar-refractivity contribution in [3.05, 3.63) is 57.6 Å². The van der Waals surface area contributed by atoms with E-state index in [9.17, 15) is 4.79 Å². The quantitative estimate of drug-likeness (QED) is 0.787. The molecule has 0 radical (unpaired) electrons. The number of ether oxygens (including phenoxy) is 2. The Kier molecular flexibility index (Phi) is 6.58. The zero-order chi connectivity index (χ0) is 21.1. The lowest BCUT2D eigenvalue weighted by Gasteiger charge is -2.35. The highest BCUT2D eigenvalue weighted by Crippen LogP contribution is 2.32. The number of nitrogens with zero attached hydrogens (tertiary/aromatic N) is 2. The van der Waals surface area contributed by atoms with Crippen LogP contribution in [0.3, 0.4) is 0 Å². The molecule has 2 aliphatic rings. The van der Waals surface area contributed by atoms with E-state index in [1.54, 1.807) is 0 Å². The van der Waals surface area contributed by atoms with E-state index in [0.717, 1.165) is 60.9 Å². The summed E-state index contributed by atoms with van der Waals surface area (Å²) in [7, 11) is 0. The molecule has 7 heteroatoms. The van der Waals surface area contributed by atoms with Crippen molar-refractivity contribution in [3.63, 3.8) is 0 Å². The number of hydrogen-bond donors (Lipinski definition) is 1. The van der Waals surface area contributed by atoms with E-state index >= 15 is 0 Å². The number of carbonyl (C=O) groups is 1. The van der Waals surface area contributed by atoms with Gasteiger partial charge in [0.25, 0.3) is 0 Å². The maximum atomic E-state index is 12.5. The van der Waals surface area contributed by atoms with Crippen LogP contribution in [0.15, 0.2) is 30.3 Å². The van der Waals surface area contributed by atoms with Gasteiger partial charge in [0.2, 0.25) is 5.91 Å². The fourth-order valence-electron chi connectivity index (χ4n) is 4.00. The Hall–Kier alpha value is -2.12. The molecule has 30 heavy (non-hydrogen) atoms. The largest absolute Gasteiger partial charge is 0.467 e. The van der Waals surface area contributed by atoms with Gasteiger partial charge in [-0.05, 0) is 43.2 Å². The SMILES string of the molecule is Cc1cccc(NC(=O)CN2CCN(Cc3cc(Cl)cc4c3OCOC4)CC2)c1C. The number of fused-ring (bicyclic) bond motifs is 1. The highest BCUT2D eigenvalue weighted by atomic mass is 35.5. The van der Waals surface area contributed by atoms with Crippen molar-refractivity contribution in [1.82, 2.24) is 9.80 Å².